The fourth-order valence-corrected chi connectivity index (χ4v) is 4.33. The summed E-state index contributed by atoms with van der Waals surface area (Å²) in [6, 6.07) is 0.548. The number of carbonyl (C=O) groups is 1. The number of nitrogens with one attached hydrogen (secondary N) is 1. The predicted octanol–water partition coefficient (Wildman–Crippen LogP) is 3.58. The van der Waals surface area contributed by atoms with E-state index in [2.05, 4.69) is 19.2 Å². The Morgan fingerprint density at radius 2 is 1.71 bits per heavy atom. The molecule has 2 saturated carbocycles. The largest absolute Gasteiger partial charge is 0.347 e. The molecule has 0 radical (unpaired) electrons. The highest BCUT2D eigenvalue weighted by Gasteiger charge is 2.38. The van der Waals surface area contributed by atoms with Crippen molar-refractivity contribution in [3.63, 3.8) is 0 Å². The van der Waals surface area contributed by atoms with Crippen LogP contribution in [0.2, 0.25) is 0 Å². The topological polar surface area (TPSA) is 32.3 Å². The van der Waals surface area contributed by atoms with E-state index < -0.39 is 0 Å². The minimum atomic E-state index is 0.00243. The number of rotatable bonds is 5. The monoisotopic (exact) mass is 294 g/mol. The van der Waals surface area contributed by atoms with Crippen LogP contribution in [0.25, 0.3) is 0 Å². The third-order valence-electron chi connectivity index (χ3n) is 5.59. The van der Waals surface area contributed by atoms with Gasteiger partial charge in [0.05, 0.1) is 6.04 Å². The lowest BCUT2D eigenvalue weighted by molar-refractivity contribution is -0.131. The van der Waals surface area contributed by atoms with Gasteiger partial charge in [-0.25, -0.2) is 0 Å². The molecule has 3 nitrogen and oxygen atoms in total. The molecular formula is C18H34N2O. The molecule has 122 valence electrons. The van der Waals surface area contributed by atoms with E-state index >= 15 is 0 Å². The molecule has 2 fully saturated rings. The van der Waals surface area contributed by atoms with Crippen molar-refractivity contribution in [2.24, 2.45) is 11.3 Å². The summed E-state index contributed by atoms with van der Waals surface area (Å²) in [4.78, 5) is 14.1. The van der Waals surface area contributed by atoms with Gasteiger partial charge < -0.3 is 10.2 Å². The number of hydrogen-bond donors (Lipinski definition) is 1. The standard InChI is InChI=1S/C18H34N2O/c1-14(2)13-16(17(21)20(3)4)19-15-7-11-18(12-8-15)9-5-6-10-18/h14-16,19H,5-13H2,1-4H3. The predicted molar refractivity (Wildman–Crippen MR) is 88.2 cm³/mol. The summed E-state index contributed by atoms with van der Waals surface area (Å²) in [5.41, 5.74) is 0.678. The molecule has 0 saturated heterocycles. The Labute approximate surface area is 130 Å². The summed E-state index contributed by atoms with van der Waals surface area (Å²) in [7, 11) is 3.73. The maximum Gasteiger partial charge on any atom is 0.239 e. The van der Waals surface area contributed by atoms with Gasteiger partial charge >= 0.3 is 0 Å². The zero-order chi connectivity index (χ0) is 15.5. The molecule has 2 aliphatic carbocycles. The Hall–Kier alpha value is -0.570. The second-order valence-corrected chi connectivity index (χ2v) is 8.06. The minimum Gasteiger partial charge on any atom is -0.347 e. The molecule has 21 heavy (non-hydrogen) atoms. The lowest BCUT2D eigenvalue weighted by atomic mass is 9.71. The van der Waals surface area contributed by atoms with Crippen LogP contribution in [0, 0.1) is 11.3 Å². The Kier molecular flexibility index (Phi) is 5.70. The molecule has 1 spiro atoms. The van der Waals surface area contributed by atoms with Gasteiger partial charge in [0.1, 0.15) is 0 Å². The van der Waals surface area contributed by atoms with Gasteiger partial charge in [-0.3, -0.25) is 4.79 Å². The summed E-state index contributed by atoms with van der Waals surface area (Å²) in [5.74, 6) is 0.793. The fourth-order valence-electron chi connectivity index (χ4n) is 4.33. The van der Waals surface area contributed by atoms with E-state index in [1.807, 2.05) is 14.1 Å². The van der Waals surface area contributed by atoms with Gasteiger partial charge in [0.2, 0.25) is 5.91 Å². The van der Waals surface area contributed by atoms with Crippen molar-refractivity contribution in [2.75, 3.05) is 14.1 Å². The summed E-state index contributed by atoms with van der Waals surface area (Å²) in [6.45, 7) is 4.40. The van der Waals surface area contributed by atoms with Crippen LogP contribution < -0.4 is 5.32 Å². The van der Waals surface area contributed by atoms with E-state index in [0.29, 0.717) is 17.4 Å². The fraction of sp³-hybridized carbons (Fsp3) is 0.944. The van der Waals surface area contributed by atoms with E-state index in [0.717, 1.165) is 6.42 Å². The highest BCUT2D eigenvalue weighted by atomic mass is 16.2. The lowest BCUT2D eigenvalue weighted by Crippen LogP contribution is -2.50. The zero-order valence-corrected chi connectivity index (χ0v) is 14.5. The van der Waals surface area contributed by atoms with E-state index in [-0.39, 0.29) is 11.9 Å². The molecule has 0 aromatic carbocycles. The third-order valence-corrected chi connectivity index (χ3v) is 5.59. The smallest absolute Gasteiger partial charge is 0.239 e. The average Bonchev–Trinajstić information content (AvgIpc) is 2.88. The normalized spacial score (nSPS) is 23.7. The SMILES string of the molecule is CC(C)CC(NC1CCC2(CCCC2)CC1)C(=O)N(C)C. The first-order chi connectivity index (χ1) is 9.92. The maximum absolute atomic E-state index is 12.4. The Morgan fingerprint density at radius 1 is 1.14 bits per heavy atom. The molecule has 0 aliphatic heterocycles. The molecule has 0 aromatic heterocycles. The Bertz CT molecular complexity index is 335. The lowest BCUT2D eigenvalue weighted by Gasteiger charge is -2.39. The highest BCUT2D eigenvalue weighted by Crippen LogP contribution is 2.48. The summed E-state index contributed by atoms with van der Waals surface area (Å²) < 4.78 is 0. The van der Waals surface area contributed by atoms with Crippen molar-refractivity contribution in [2.45, 2.75) is 83.7 Å². The van der Waals surface area contributed by atoms with Gasteiger partial charge in [-0.2, -0.15) is 0 Å². The van der Waals surface area contributed by atoms with Gasteiger partial charge in [-0.15, -0.1) is 0 Å². The van der Waals surface area contributed by atoms with Gasteiger partial charge in [0.25, 0.3) is 0 Å². The number of likely N-dealkylation sites (N-methyl/N-ethyl adjacent to an activating group) is 1. The summed E-state index contributed by atoms with van der Waals surface area (Å²) in [5, 5.41) is 3.68. The van der Waals surface area contributed by atoms with Crippen molar-refractivity contribution in [3.05, 3.63) is 0 Å². The Morgan fingerprint density at radius 3 is 2.19 bits per heavy atom. The third kappa shape index (κ3) is 4.45. The first-order valence-electron chi connectivity index (χ1n) is 8.89. The van der Waals surface area contributed by atoms with Crippen molar-refractivity contribution >= 4 is 5.91 Å². The van der Waals surface area contributed by atoms with E-state index in [9.17, 15) is 4.79 Å². The van der Waals surface area contributed by atoms with Gasteiger partial charge in [-0.1, -0.05) is 26.7 Å². The second-order valence-electron chi connectivity index (χ2n) is 8.06. The van der Waals surface area contributed by atoms with Crippen molar-refractivity contribution in [3.8, 4) is 0 Å². The van der Waals surface area contributed by atoms with Crippen LogP contribution in [0.5, 0.6) is 0 Å². The van der Waals surface area contributed by atoms with Crippen LogP contribution in [0.1, 0.15) is 71.6 Å². The van der Waals surface area contributed by atoms with Crippen LogP contribution in [0.4, 0.5) is 0 Å². The molecule has 1 unspecified atom stereocenters. The number of nitrogens with zero attached hydrogens (tertiary/aromatic N) is 1. The van der Waals surface area contributed by atoms with Gasteiger partial charge in [0.15, 0.2) is 0 Å². The van der Waals surface area contributed by atoms with Gasteiger partial charge in [-0.05, 0) is 56.3 Å². The van der Waals surface area contributed by atoms with Crippen molar-refractivity contribution < 1.29 is 4.79 Å². The van der Waals surface area contributed by atoms with Crippen LogP contribution in [0.15, 0.2) is 0 Å². The molecule has 2 rings (SSSR count). The molecule has 0 heterocycles. The van der Waals surface area contributed by atoms with Crippen LogP contribution >= 0.6 is 0 Å². The molecule has 0 bridgehead atoms. The minimum absolute atomic E-state index is 0.00243. The number of amides is 1. The molecule has 3 heteroatoms. The quantitative estimate of drug-likeness (QED) is 0.840. The average molecular weight is 294 g/mol. The first-order valence-corrected chi connectivity index (χ1v) is 8.89. The van der Waals surface area contributed by atoms with Crippen molar-refractivity contribution in [1.29, 1.82) is 0 Å². The van der Waals surface area contributed by atoms with Gasteiger partial charge in [0, 0.05) is 20.1 Å². The van der Waals surface area contributed by atoms with Crippen LogP contribution in [-0.4, -0.2) is 37.0 Å². The zero-order valence-electron chi connectivity index (χ0n) is 14.5. The summed E-state index contributed by atoms with van der Waals surface area (Å²) in [6.07, 6.45) is 12.0. The second kappa shape index (κ2) is 7.13. The van der Waals surface area contributed by atoms with Crippen LogP contribution in [0.3, 0.4) is 0 Å². The highest BCUT2D eigenvalue weighted by molar-refractivity contribution is 5.81. The molecule has 1 N–H and O–H groups in total. The molecule has 1 atom stereocenters. The number of carbonyl (C=O) groups excluding carboxylic acids is 1. The molecular weight excluding hydrogens is 260 g/mol. The van der Waals surface area contributed by atoms with E-state index in [4.69, 9.17) is 0 Å². The molecule has 1 amide bonds. The molecule has 2 aliphatic rings. The van der Waals surface area contributed by atoms with Crippen LogP contribution in [-0.2, 0) is 4.79 Å². The van der Waals surface area contributed by atoms with E-state index in [1.54, 1.807) is 4.90 Å². The summed E-state index contributed by atoms with van der Waals surface area (Å²) >= 11 is 0. The maximum atomic E-state index is 12.4. The Balaban J connectivity index is 1.87. The molecule has 0 aromatic rings. The number of hydrogen-bond acceptors (Lipinski definition) is 2. The first kappa shape index (κ1) is 16.8. The van der Waals surface area contributed by atoms with Crippen molar-refractivity contribution in [1.82, 2.24) is 10.2 Å². The van der Waals surface area contributed by atoms with E-state index in [1.165, 1.54) is 51.4 Å².